The number of fused-ring (bicyclic) bond motifs is 1. The number of hydrogen-bond donors (Lipinski definition) is 3. The molecule has 9 nitrogen and oxygen atoms in total. The van der Waals surface area contributed by atoms with Crippen LogP contribution < -0.4 is 9.64 Å². The topological polar surface area (TPSA) is 133 Å². The van der Waals surface area contributed by atoms with Gasteiger partial charge in [0.15, 0.2) is 0 Å². The monoisotopic (exact) mass is 564 g/mol. The summed E-state index contributed by atoms with van der Waals surface area (Å²) in [7, 11) is -3.28. The first-order valence-corrected chi connectivity index (χ1v) is 15.6. The van der Waals surface area contributed by atoms with Gasteiger partial charge in [-0.2, -0.15) is 10.6 Å². The van der Waals surface area contributed by atoms with Crippen molar-refractivity contribution in [3.63, 3.8) is 0 Å². The quantitative estimate of drug-likeness (QED) is 0.0772. The smallest absolute Gasteiger partial charge is 0.331 e. The Labute approximate surface area is 229 Å². The summed E-state index contributed by atoms with van der Waals surface area (Å²) in [6.45, 7) is 4.76. The molecular weight excluding hydrogens is 528 g/mol. The lowest BCUT2D eigenvalue weighted by atomic mass is 9.79. The third-order valence-corrected chi connectivity index (χ3v) is 9.59. The van der Waals surface area contributed by atoms with Crippen LogP contribution in [-0.2, 0) is 4.79 Å². The number of carbonyl (C=O) groups is 1. The number of rotatable bonds is 12. The van der Waals surface area contributed by atoms with E-state index in [1.807, 2.05) is 17.2 Å². The Morgan fingerprint density at radius 2 is 1.82 bits per heavy atom. The van der Waals surface area contributed by atoms with Crippen LogP contribution in [0.4, 0.5) is 17.1 Å². The van der Waals surface area contributed by atoms with E-state index < -0.39 is 26.9 Å². The predicted molar refractivity (Wildman–Crippen MR) is 153 cm³/mol. The van der Waals surface area contributed by atoms with Crippen LogP contribution >= 0.6 is 22.4 Å². The number of nitrogens with zero attached hydrogens (tertiary/aromatic N) is 2. The molecule has 0 saturated carbocycles. The minimum Gasteiger partial charge on any atom is -0.478 e. The molecule has 1 heterocycles. The van der Waals surface area contributed by atoms with Gasteiger partial charge in [-0.3, -0.25) is 19.2 Å². The highest BCUT2D eigenvalue weighted by molar-refractivity contribution is 8.24. The molecule has 0 aromatic heterocycles. The van der Waals surface area contributed by atoms with Crippen LogP contribution in [0.2, 0.25) is 0 Å². The first kappa shape index (κ1) is 29.8. The van der Waals surface area contributed by atoms with Crippen molar-refractivity contribution in [3.05, 3.63) is 58.9 Å². The van der Waals surface area contributed by atoms with Gasteiger partial charge in [-0.25, -0.2) is 4.79 Å². The molecule has 1 aliphatic rings. The van der Waals surface area contributed by atoms with Crippen LogP contribution in [0.15, 0.2) is 58.5 Å². The summed E-state index contributed by atoms with van der Waals surface area (Å²) in [4.78, 5) is 24.8. The van der Waals surface area contributed by atoms with Crippen LogP contribution in [0.1, 0.15) is 52.4 Å². The van der Waals surface area contributed by atoms with E-state index in [1.54, 1.807) is 18.2 Å². The minimum absolute atomic E-state index is 0.0184. The Bertz CT molecular complexity index is 1160. The van der Waals surface area contributed by atoms with E-state index in [-0.39, 0.29) is 11.4 Å². The van der Waals surface area contributed by atoms with Gasteiger partial charge in [0.05, 0.1) is 32.7 Å². The van der Waals surface area contributed by atoms with E-state index in [4.69, 9.17) is 9.84 Å². The molecule has 208 valence electrons. The van der Waals surface area contributed by atoms with Crippen molar-refractivity contribution in [2.45, 2.75) is 62.2 Å². The number of anilines is 2. The number of aliphatic carboxylic acids is 1. The van der Waals surface area contributed by atoms with Crippen molar-refractivity contribution in [1.29, 1.82) is 0 Å². The van der Waals surface area contributed by atoms with Crippen LogP contribution in [0.5, 0.6) is 5.75 Å². The standard InChI is InChI=1S/C27H36N2O7S2/c1-4-6-13-27(14-7-5-2)18-28(20-8-10-21(11-9-20)29(32)33)22-16-24(37-3)23(36-15-12-26(30)31)17-25(22)38(34,35)19-27/h8-12,15-17,34-35H,4-7,13-14,18-19H2,1-3H3,(H,30,31)/b15-12+. The lowest BCUT2D eigenvalue weighted by Crippen LogP contribution is -2.37. The second-order valence-corrected chi connectivity index (χ2v) is 12.5. The molecule has 1 aliphatic heterocycles. The molecule has 0 saturated heterocycles. The third kappa shape index (κ3) is 7.02. The van der Waals surface area contributed by atoms with E-state index in [0.29, 0.717) is 27.8 Å². The molecule has 0 aliphatic carbocycles. The van der Waals surface area contributed by atoms with Gasteiger partial charge in [0.1, 0.15) is 5.75 Å². The maximum Gasteiger partial charge on any atom is 0.331 e. The molecule has 38 heavy (non-hydrogen) atoms. The zero-order valence-corrected chi connectivity index (χ0v) is 23.6. The molecule has 0 fully saturated rings. The highest BCUT2D eigenvalue weighted by Crippen LogP contribution is 2.62. The molecule has 0 atom stereocenters. The summed E-state index contributed by atoms with van der Waals surface area (Å²) in [5.41, 5.74) is 0.913. The SMILES string of the molecule is CCCCC1(CCCC)CN(c2ccc([N+](=O)[O-])cc2)c2cc(SC)c(O/C=C/C(=O)O)cc2S(O)(O)C1. The summed E-state index contributed by atoms with van der Waals surface area (Å²) < 4.78 is 29.0. The molecule has 3 rings (SSSR count). The fourth-order valence-corrected chi connectivity index (χ4v) is 7.63. The van der Waals surface area contributed by atoms with Crippen LogP contribution in [0, 0.1) is 15.5 Å². The van der Waals surface area contributed by atoms with Crippen LogP contribution in [0.25, 0.3) is 0 Å². The molecule has 3 N–H and O–H groups in total. The van der Waals surface area contributed by atoms with Gasteiger partial charge < -0.3 is 14.7 Å². The Hall–Kier alpha value is -2.73. The van der Waals surface area contributed by atoms with Gasteiger partial charge in [-0.15, -0.1) is 11.8 Å². The van der Waals surface area contributed by atoms with Crippen LogP contribution in [-0.4, -0.2) is 43.7 Å². The summed E-state index contributed by atoms with van der Waals surface area (Å²) in [5.74, 6) is -0.637. The zero-order valence-electron chi connectivity index (χ0n) is 22.0. The number of carboxylic acid groups (broad SMARTS) is 1. The second-order valence-electron chi connectivity index (χ2n) is 9.61. The highest BCUT2D eigenvalue weighted by Gasteiger charge is 2.42. The number of unbranched alkanes of at least 4 members (excludes halogenated alkanes) is 2. The van der Waals surface area contributed by atoms with Crippen molar-refractivity contribution in [3.8, 4) is 5.75 Å². The molecule has 2 aromatic rings. The van der Waals surface area contributed by atoms with E-state index in [9.17, 15) is 24.0 Å². The zero-order chi connectivity index (χ0) is 27.9. The lowest BCUT2D eigenvalue weighted by molar-refractivity contribution is -0.384. The number of thioether (sulfide) groups is 1. The summed E-state index contributed by atoms with van der Waals surface area (Å²) >= 11 is 1.39. The molecule has 0 spiro atoms. The number of ether oxygens (including phenoxy) is 1. The van der Waals surface area contributed by atoms with E-state index in [0.717, 1.165) is 56.6 Å². The average Bonchev–Trinajstić information content (AvgIpc) is 2.97. The maximum absolute atomic E-state index is 11.7. The lowest BCUT2D eigenvalue weighted by Gasteiger charge is -2.42. The summed E-state index contributed by atoms with van der Waals surface area (Å²) in [5, 5.41) is 20.2. The number of carboxylic acids is 1. The largest absolute Gasteiger partial charge is 0.478 e. The summed E-state index contributed by atoms with van der Waals surface area (Å²) in [6.07, 6.45) is 9.25. The average molecular weight is 565 g/mol. The van der Waals surface area contributed by atoms with Crippen molar-refractivity contribution in [1.82, 2.24) is 0 Å². The van der Waals surface area contributed by atoms with E-state index in [2.05, 4.69) is 13.8 Å². The molecule has 0 amide bonds. The van der Waals surface area contributed by atoms with Gasteiger partial charge in [-0.1, -0.05) is 39.5 Å². The van der Waals surface area contributed by atoms with E-state index in [1.165, 1.54) is 23.9 Å². The predicted octanol–water partition coefficient (Wildman–Crippen LogP) is 7.92. The Morgan fingerprint density at radius 3 is 2.34 bits per heavy atom. The van der Waals surface area contributed by atoms with Gasteiger partial charge >= 0.3 is 5.97 Å². The van der Waals surface area contributed by atoms with Gasteiger partial charge in [0.25, 0.3) is 5.69 Å². The Morgan fingerprint density at radius 1 is 1.18 bits per heavy atom. The van der Waals surface area contributed by atoms with Gasteiger partial charge in [-0.05, 0) is 37.3 Å². The highest BCUT2D eigenvalue weighted by atomic mass is 32.3. The number of nitro groups is 1. The van der Waals surface area contributed by atoms with Crippen molar-refractivity contribution < 1.29 is 28.7 Å². The van der Waals surface area contributed by atoms with E-state index >= 15 is 0 Å². The number of non-ortho nitro benzene ring substituents is 1. The number of hydrogen-bond acceptors (Lipinski definition) is 8. The fourth-order valence-electron chi connectivity index (χ4n) is 4.91. The first-order valence-electron chi connectivity index (χ1n) is 12.6. The maximum atomic E-state index is 11.7. The van der Waals surface area contributed by atoms with Crippen LogP contribution in [0.3, 0.4) is 0 Å². The molecule has 2 aromatic carbocycles. The number of nitro benzene ring substituents is 1. The fraction of sp³-hybridized carbons (Fsp3) is 0.444. The molecule has 0 radical (unpaired) electrons. The van der Waals surface area contributed by atoms with Crippen molar-refractivity contribution in [2.75, 3.05) is 23.5 Å². The Kier molecular flexibility index (Phi) is 10.1. The molecule has 0 unspecified atom stereocenters. The normalized spacial score (nSPS) is 17.0. The minimum atomic E-state index is -3.28. The molecular formula is C27H36N2O7S2. The van der Waals surface area contributed by atoms with Gasteiger partial charge in [0, 0.05) is 41.6 Å². The number of benzene rings is 2. The van der Waals surface area contributed by atoms with Gasteiger partial charge in [0.2, 0.25) is 0 Å². The summed E-state index contributed by atoms with van der Waals surface area (Å²) in [6, 6.07) is 9.74. The Balaban J connectivity index is 2.23. The molecule has 0 bridgehead atoms. The molecule has 11 heteroatoms. The first-order chi connectivity index (χ1) is 18.1. The second kappa shape index (κ2) is 12.9. The van der Waals surface area contributed by atoms with Crippen molar-refractivity contribution in [2.24, 2.45) is 5.41 Å². The van der Waals surface area contributed by atoms with Crippen molar-refractivity contribution >= 4 is 45.4 Å². The third-order valence-electron chi connectivity index (χ3n) is 6.79.